The number of hydrogen-bond acceptors (Lipinski definition) is 5. The quantitative estimate of drug-likeness (QED) is 0.804. The lowest BCUT2D eigenvalue weighted by atomic mass is 10.3. The first-order valence-electron chi connectivity index (χ1n) is 6.58. The molecule has 0 aliphatic heterocycles. The minimum Gasteiger partial charge on any atom is -0.350 e. The van der Waals surface area contributed by atoms with E-state index in [4.69, 9.17) is 0 Å². The lowest BCUT2D eigenvalue weighted by Crippen LogP contribution is -2.30. The molecule has 0 saturated heterocycles. The molecule has 0 aliphatic carbocycles. The largest absolute Gasteiger partial charge is 0.350 e. The molecule has 5 nitrogen and oxygen atoms in total. The van der Waals surface area contributed by atoms with Gasteiger partial charge in [0.25, 0.3) is 0 Å². The summed E-state index contributed by atoms with van der Waals surface area (Å²) in [6.45, 7) is 0.110. The Bertz CT molecular complexity index is 820. The second-order valence-corrected chi connectivity index (χ2v) is 5.65. The van der Waals surface area contributed by atoms with Gasteiger partial charge in [0.1, 0.15) is 22.8 Å². The number of halogens is 1. The molecule has 0 unspecified atom stereocenters. The highest BCUT2D eigenvalue weighted by Gasteiger charge is 2.13. The van der Waals surface area contributed by atoms with Gasteiger partial charge < -0.3 is 10.2 Å². The maximum absolute atomic E-state index is 13.1. The summed E-state index contributed by atoms with van der Waals surface area (Å²) in [5, 5.41) is 5.51. The molecule has 0 radical (unpaired) electrons. The average Bonchev–Trinajstić information content (AvgIpc) is 2.95. The van der Waals surface area contributed by atoms with E-state index in [0.29, 0.717) is 11.5 Å². The smallest absolute Gasteiger partial charge is 0.243 e. The van der Waals surface area contributed by atoms with Crippen LogP contribution >= 0.6 is 11.3 Å². The van der Waals surface area contributed by atoms with Gasteiger partial charge in [0.05, 0.1) is 11.9 Å². The van der Waals surface area contributed by atoms with Crippen molar-refractivity contribution in [3.05, 3.63) is 47.9 Å². The fourth-order valence-electron chi connectivity index (χ4n) is 2.14. The van der Waals surface area contributed by atoms with E-state index >= 15 is 0 Å². The molecule has 112 valence electrons. The van der Waals surface area contributed by atoms with Gasteiger partial charge in [-0.2, -0.15) is 0 Å². The van der Waals surface area contributed by atoms with Crippen molar-refractivity contribution in [2.24, 2.45) is 0 Å². The fraction of sp³-hybridized carbons (Fsp3) is 0.133. The molecule has 0 aliphatic rings. The Labute approximate surface area is 130 Å². The third kappa shape index (κ3) is 3.04. The Morgan fingerprint density at radius 3 is 3.05 bits per heavy atom. The Morgan fingerprint density at radius 2 is 2.23 bits per heavy atom. The highest BCUT2D eigenvalue weighted by Crippen LogP contribution is 2.25. The SMILES string of the molecule is CN(CC(=O)Nc1cccc(F)c1)c1ncnc2sccc12. The van der Waals surface area contributed by atoms with Crippen molar-refractivity contribution in [2.45, 2.75) is 0 Å². The summed E-state index contributed by atoms with van der Waals surface area (Å²) >= 11 is 1.52. The number of rotatable bonds is 4. The molecule has 0 fully saturated rings. The molecule has 1 N–H and O–H groups in total. The summed E-state index contributed by atoms with van der Waals surface area (Å²) in [5.41, 5.74) is 0.432. The van der Waals surface area contributed by atoms with E-state index in [2.05, 4.69) is 15.3 Å². The van der Waals surface area contributed by atoms with E-state index < -0.39 is 0 Å². The zero-order chi connectivity index (χ0) is 15.5. The number of likely N-dealkylation sites (N-methyl/N-ethyl adjacent to an activating group) is 1. The number of amides is 1. The summed E-state index contributed by atoms with van der Waals surface area (Å²) < 4.78 is 13.1. The predicted octanol–water partition coefficient (Wildman–Crippen LogP) is 2.91. The normalized spacial score (nSPS) is 10.6. The molecule has 3 rings (SSSR count). The highest BCUT2D eigenvalue weighted by molar-refractivity contribution is 7.16. The minimum atomic E-state index is -0.387. The van der Waals surface area contributed by atoms with Crippen molar-refractivity contribution in [3.63, 3.8) is 0 Å². The van der Waals surface area contributed by atoms with Crippen LogP contribution in [0.15, 0.2) is 42.0 Å². The molecular weight excluding hydrogens is 303 g/mol. The molecule has 0 bridgehead atoms. The number of hydrogen-bond donors (Lipinski definition) is 1. The Hall–Kier alpha value is -2.54. The number of carbonyl (C=O) groups is 1. The molecule has 0 atom stereocenters. The second-order valence-electron chi connectivity index (χ2n) is 4.75. The van der Waals surface area contributed by atoms with Gasteiger partial charge in [0.2, 0.25) is 5.91 Å². The molecule has 1 aromatic carbocycles. The van der Waals surface area contributed by atoms with Crippen LogP contribution in [0.1, 0.15) is 0 Å². The van der Waals surface area contributed by atoms with Crippen LogP contribution in [0, 0.1) is 5.82 Å². The van der Waals surface area contributed by atoms with Crippen LogP contribution in [0.5, 0.6) is 0 Å². The van der Waals surface area contributed by atoms with Gasteiger partial charge in [-0.1, -0.05) is 6.07 Å². The van der Waals surface area contributed by atoms with E-state index in [9.17, 15) is 9.18 Å². The number of aromatic nitrogens is 2. The van der Waals surface area contributed by atoms with Crippen molar-refractivity contribution in [3.8, 4) is 0 Å². The molecule has 1 amide bonds. The standard InChI is InChI=1S/C15H13FN4OS/c1-20(14-12-5-6-22-15(12)18-9-17-14)8-13(21)19-11-4-2-3-10(16)7-11/h2-7,9H,8H2,1H3,(H,19,21). The maximum atomic E-state index is 13.1. The first-order chi connectivity index (χ1) is 10.6. The van der Waals surface area contributed by atoms with E-state index in [0.717, 1.165) is 10.2 Å². The van der Waals surface area contributed by atoms with Crippen LogP contribution in [0.3, 0.4) is 0 Å². The summed E-state index contributed by atoms with van der Waals surface area (Å²) in [5.74, 6) is 0.0673. The zero-order valence-corrected chi connectivity index (χ0v) is 12.6. The molecule has 2 aromatic heterocycles. The number of thiophene rings is 1. The topological polar surface area (TPSA) is 58.1 Å². The van der Waals surface area contributed by atoms with Gasteiger partial charge in [-0.05, 0) is 29.6 Å². The van der Waals surface area contributed by atoms with E-state index in [-0.39, 0.29) is 18.3 Å². The monoisotopic (exact) mass is 316 g/mol. The van der Waals surface area contributed by atoms with Gasteiger partial charge in [-0.15, -0.1) is 11.3 Å². The van der Waals surface area contributed by atoms with Gasteiger partial charge in [-0.3, -0.25) is 4.79 Å². The number of anilines is 2. The van der Waals surface area contributed by atoms with Crippen LogP contribution in [0.4, 0.5) is 15.9 Å². The number of carbonyl (C=O) groups excluding carboxylic acids is 1. The van der Waals surface area contributed by atoms with Crippen LogP contribution in [0.25, 0.3) is 10.2 Å². The molecule has 22 heavy (non-hydrogen) atoms. The van der Waals surface area contributed by atoms with Gasteiger partial charge >= 0.3 is 0 Å². The number of fused-ring (bicyclic) bond motifs is 1. The van der Waals surface area contributed by atoms with Gasteiger partial charge in [-0.25, -0.2) is 14.4 Å². The van der Waals surface area contributed by atoms with Gasteiger partial charge in [0, 0.05) is 12.7 Å². The van der Waals surface area contributed by atoms with Crippen molar-refractivity contribution >= 4 is 39.0 Å². The Balaban J connectivity index is 1.72. The van der Waals surface area contributed by atoms with Gasteiger partial charge in [0.15, 0.2) is 0 Å². The maximum Gasteiger partial charge on any atom is 0.243 e. The molecule has 0 spiro atoms. The third-order valence-corrected chi connectivity index (χ3v) is 3.91. The zero-order valence-electron chi connectivity index (χ0n) is 11.8. The fourth-order valence-corrected chi connectivity index (χ4v) is 2.87. The number of benzene rings is 1. The Kier molecular flexibility index (Phi) is 3.97. The lowest BCUT2D eigenvalue weighted by molar-refractivity contribution is -0.114. The van der Waals surface area contributed by atoms with Crippen molar-refractivity contribution < 1.29 is 9.18 Å². The van der Waals surface area contributed by atoms with Crippen LogP contribution < -0.4 is 10.2 Å². The van der Waals surface area contributed by atoms with E-state index in [1.54, 1.807) is 24.1 Å². The first-order valence-corrected chi connectivity index (χ1v) is 7.46. The van der Waals surface area contributed by atoms with Crippen LogP contribution in [-0.4, -0.2) is 29.5 Å². The third-order valence-electron chi connectivity index (χ3n) is 3.09. The first kappa shape index (κ1) is 14.4. The molecule has 7 heteroatoms. The minimum absolute atomic E-state index is 0.110. The summed E-state index contributed by atoms with van der Waals surface area (Å²) in [4.78, 5) is 23.1. The molecule has 0 saturated carbocycles. The van der Waals surface area contributed by atoms with Crippen LogP contribution in [0.2, 0.25) is 0 Å². The molecule has 3 aromatic rings. The summed E-state index contributed by atoms with van der Waals surface area (Å²) in [7, 11) is 1.78. The highest BCUT2D eigenvalue weighted by atomic mass is 32.1. The summed E-state index contributed by atoms with van der Waals surface area (Å²) in [6.07, 6.45) is 1.48. The Morgan fingerprint density at radius 1 is 1.36 bits per heavy atom. The second kappa shape index (κ2) is 6.07. The average molecular weight is 316 g/mol. The molecule has 2 heterocycles. The lowest BCUT2D eigenvalue weighted by Gasteiger charge is -2.18. The predicted molar refractivity (Wildman–Crippen MR) is 85.7 cm³/mol. The number of nitrogens with zero attached hydrogens (tertiary/aromatic N) is 3. The van der Waals surface area contributed by atoms with Crippen molar-refractivity contribution in [1.29, 1.82) is 0 Å². The van der Waals surface area contributed by atoms with E-state index in [1.165, 1.54) is 29.8 Å². The van der Waals surface area contributed by atoms with Crippen LogP contribution in [-0.2, 0) is 4.79 Å². The number of nitrogens with one attached hydrogen (secondary N) is 1. The van der Waals surface area contributed by atoms with E-state index in [1.807, 2.05) is 11.4 Å². The summed E-state index contributed by atoms with van der Waals surface area (Å²) in [6, 6.07) is 7.72. The molecular formula is C15H13FN4OS. The van der Waals surface area contributed by atoms with Crippen molar-refractivity contribution in [1.82, 2.24) is 9.97 Å². The van der Waals surface area contributed by atoms with Crippen molar-refractivity contribution in [2.75, 3.05) is 23.8 Å².